The molecule has 1 atom stereocenters. The predicted molar refractivity (Wildman–Crippen MR) is 68.5 cm³/mol. The summed E-state index contributed by atoms with van der Waals surface area (Å²) in [6.07, 6.45) is 1.18. The van der Waals surface area contributed by atoms with Crippen molar-refractivity contribution in [1.29, 1.82) is 0 Å². The Labute approximate surface area is 103 Å². The number of benzene rings is 1. The first-order valence-corrected chi connectivity index (χ1v) is 6.28. The smallest absolute Gasteiger partial charge is 0.148 e. The van der Waals surface area contributed by atoms with Gasteiger partial charge in [0, 0.05) is 5.39 Å². The van der Waals surface area contributed by atoms with Gasteiger partial charge in [0.15, 0.2) is 0 Å². The van der Waals surface area contributed by atoms with Gasteiger partial charge in [0.1, 0.15) is 17.4 Å². The molecule has 1 unspecified atom stereocenters. The van der Waals surface area contributed by atoms with Crippen LogP contribution in [0, 0.1) is 6.92 Å². The molecule has 0 radical (unpaired) electrons. The van der Waals surface area contributed by atoms with Crippen LogP contribution in [0.15, 0.2) is 27.1 Å². The summed E-state index contributed by atoms with van der Waals surface area (Å²) in [5.74, 6) is 0.656. The van der Waals surface area contributed by atoms with Crippen molar-refractivity contribution in [3.8, 4) is 0 Å². The van der Waals surface area contributed by atoms with Gasteiger partial charge >= 0.3 is 0 Å². The Bertz CT molecular complexity index is 502. The normalized spacial score (nSPS) is 13.2. The van der Waals surface area contributed by atoms with Crippen LogP contribution in [0.4, 0.5) is 0 Å². The fourth-order valence-corrected chi connectivity index (χ4v) is 2.52. The molecule has 1 aromatic carbocycles. The minimum atomic E-state index is -0.496. The van der Waals surface area contributed by atoms with Crippen LogP contribution in [0.25, 0.3) is 11.0 Å². The first-order valence-electron chi connectivity index (χ1n) is 5.49. The molecule has 0 aliphatic heterocycles. The molecule has 1 aromatic heterocycles. The minimum absolute atomic E-state index is 0.496. The first kappa shape index (κ1) is 11.7. The minimum Gasteiger partial charge on any atom is -0.457 e. The van der Waals surface area contributed by atoms with Gasteiger partial charge in [-0.15, -0.1) is 0 Å². The number of hydrogen-bond acceptors (Lipinski definition) is 2. The second kappa shape index (κ2) is 4.60. The van der Waals surface area contributed by atoms with Crippen LogP contribution in [0.3, 0.4) is 0 Å². The molecular weight excluding hydrogens is 268 g/mol. The zero-order valence-electron chi connectivity index (χ0n) is 9.46. The quantitative estimate of drug-likeness (QED) is 0.909. The Hall–Kier alpha value is -0.800. The SMILES string of the molecule is CCCC(O)c1cc2cc(C)cc(Br)c2o1. The maximum absolute atomic E-state index is 9.87. The first-order chi connectivity index (χ1) is 7.61. The van der Waals surface area contributed by atoms with Crippen LogP contribution in [0.2, 0.25) is 0 Å². The predicted octanol–water partition coefficient (Wildman–Crippen LogP) is 4.34. The number of aryl methyl sites for hydroxylation is 1. The number of aliphatic hydroxyl groups is 1. The summed E-state index contributed by atoms with van der Waals surface area (Å²) in [6, 6.07) is 6.00. The number of fused-ring (bicyclic) bond motifs is 1. The van der Waals surface area contributed by atoms with E-state index in [0.717, 1.165) is 28.3 Å². The molecule has 2 aromatic rings. The van der Waals surface area contributed by atoms with E-state index in [1.54, 1.807) is 0 Å². The van der Waals surface area contributed by atoms with Crippen LogP contribution in [0.5, 0.6) is 0 Å². The molecule has 16 heavy (non-hydrogen) atoms. The van der Waals surface area contributed by atoms with Crippen LogP contribution in [-0.2, 0) is 0 Å². The number of furan rings is 1. The number of hydrogen-bond donors (Lipinski definition) is 1. The summed E-state index contributed by atoms with van der Waals surface area (Å²) in [6.45, 7) is 4.09. The highest BCUT2D eigenvalue weighted by Crippen LogP contribution is 2.32. The van der Waals surface area contributed by atoms with E-state index in [4.69, 9.17) is 4.42 Å². The maximum atomic E-state index is 9.87. The van der Waals surface area contributed by atoms with Gasteiger partial charge < -0.3 is 9.52 Å². The third kappa shape index (κ3) is 2.15. The van der Waals surface area contributed by atoms with E-state index >= 15 is 0 Å². The number of rotatable bonds is 3. The topological polar surface area (TPSA) is 33.4 Å². The molecule has 0 fully saturated rings. The molecule has 0 aliphatic carbocycles. The van der Waals surface area contributed by atoms with Crippen molar-refractivity contribution in [1.82, 2.24) is 0 Å². The number of halogens is 1. The van der Waals surface area contributed by atoms with Crippen LogP contribution >= 0.6 is 15.9 Å². The van der Waals surface area contributed by atoms with E-state index < -0.39 is 6.10 Å². The Morgan fingerprint density at radius 2 is 2.12 bits per heavy atom. The summed E-state index contributed by atoms with van der Waals surface area (Å²) in [5, 5.41) is 10.9. The Balaban J connectivity index is 2.47. The molecule has 0 aliphatic rings. The van der Waals surface area contributed by atoms with E-state index in [0.29, 0.717) is 5.76 Å². The highest BCUT2D eigenvalue weighted by Gasteiger charge is 2.14. The van der Waals surface area contributed by atoms with E-state index in [9.17, 15) is 5.11 Å². The summed E-state index contributed by atoms with van der Waals surface area (Å²) in [4.78, 5) is 0. The van der Waals surface area contributed by atoms with Crippen molar-refractivity contribution in [2.75, 3.05) is 0 Å². The molecule has 1 heterocycles. The largest absolute Gasteiger partial charge is 0.457 e. The van der Waals surface area contributed by atoms with E-state index in [1.165, 1.54) is 5.56 Å². The zero-order valence-corrected chi connectivity index (χ0v) is 11.0. The second-order valence-corrected chi connectivity index (χ2v) is 4.97. The molecule has 0 saturated heterocycles. The summed E-state index contributed by atoms with van der Waals surface area (Å²) in [7, 11) is 0. The van der Waals surface area contributed by atoms with Gasteiger partial charge in [-0.25, -0.2) is 0 Å². The standard InChI is InChI=1S/C13H15BrO2/c1-3-4-11(15)12-7-9-5-8(2)6-10(14)13(9)16-12/h5-7,11,15H,3-4H2,1-2H3. The van der Waals surface area contributed by atoms with Gasteiger partial charge in [0.25, 0.3) is 0 Å². The van der Waals surface area contributed by atoms with Gasteiger partial charge in [-0.2, -0.15) is 0 Å². The molecule has 3 heteroatoms. The second-order valence-electron chi connectivity index (χ2n) is 4.12. The molecule has 86 valence electrons. The monoisotopic (exact) mass is 282 g/mol. The highest BCUT2D eigenvalue weighted by atomic mass is 79.9. The fourth-order valence-electron chi connectivity index (χ4n) is 1.85. The van der Waals surface area contributed by atoms with Crippen molar-refractivity contribution < 1.29 is 9.52 Å². The van der Waals surface area contributed by atoms with Crippen LogP contribution in [0.1, 0.15) is 37.2 Å². The van der Waals surface area contributed by atoms with Crippen molar-refractivity contribution >= 4 is 26.9 Å². The lowest BCUT2D eigenvalue weighted by molar-refractivity contribution is 0.141. The van der Waals surface area contributed by atoms with Crippen molar-refractivity contribution in [2.24, 2.45) is 0 Å². The van der Waals surface area contributed by atoms with E-state index in [2.05, 4.69) is 22.0 Å². The van der Waals surface area contributed by atoms with Gasteiger partial charge in [0.05, 0.1) is 4.47 Å². The van der Waals surface area contributed by atoms with Gasteiger partial charge in [-0.3, -0.25) is 0 Å². The van der Waals surface area contributed by atoms with Crippen LogP contribution < -0.4 is 0 Å². The van der Waals surface area contributed by atoms with E-state index in [1.807, 2.05) is 26.0 Å². The molecule has 0 amide bonds. The Morgan fingerprint density at radius 3 is 2.81 bits per heavy atom. The van der Waals surface area contributed by atoms with Crippen LogP contribution in [-0.4, -0.2) is 5.11 Å². The van der Waals surface area contributed by atoms with Crippen molar-refractivity contribution in [2.45, 2.75) is 32.8 Å². The lowest BCUT2D eigenvalue weighted by Crippen LogP contribution is -1.93. The molecule has 1 N–H and O–H groups in total. The van der Waals surface area contributed by atoms with E-state index in [-0.39, 0.29) is 0 Å². The molecule has 2 rings (SSSR count). The third-order valence-corrected chi connectivity index (χ3v) is 3.21. The van der Waals surface area contributed by atoms with Gasteiger partial charge in [0.2, 0.25) is 0 Å². The molecule has 0 saturated carbocycles. The maximum Gasteiger partial charge on any atom is 0.148 e. The average Bonchev–Trinajstić information content (AvgIpc) is 2.62. The molecule has 0 spiro atoms. The third-order valence-electron chi connectivity index (χ3n) is 2.62. The highest BCUT2D eigenvalue weighted by molar-refractivity contribution is 9.10. The summed E-state index contributed by atoms with van der Waals surface area (Å²) < 4.78 is 6.61. The summed E-state index contributed by atoms with van der Waals surface area (Å²) >= 11 is 3.47. The lowest BCUT2D eigenvalue weighted by atomic mass is 10.1. The molecule has 0 bridgehead atoms. The Kier molecular flexibility index (Phi) is 3.36. The average molecular weight is 283 g/mol. The molecule has 2 nitrogen and oxygen atoms in total. The fraction of sp³-hybridized carbons (Fsp3) is 0.385. The summed E-state index contributed by atoms with van der Waals surface area (Å²) in [5.41, 5.74) is 1.99. The molecular formula is C13H15BrO2. The van der Waals surface area contributed by atoms with Gasteiger partial charge in [-0.1, -0.05) is 13.3 Å². The van der Waals surface area contributed by atoms with Crippen molar-refractivity contribution in [3.63, 3.8) is 0 Å². The zero-order chi connectivity index (χ0) is 11.7. The van der Waals surface area contributed by atoms with Crippen molar-refractivity contribution in [3.05, 3.63) is 34.0 Å². The lowest BCUT2D eigenvalue weighted by Gasteiger charge is -2.03. The van der Waals surface area contributed by atoms with Gasteiger partial charge in [-0.05, 0) is 53.0 Å². The Morgan fingerprint density at radius 1 is 1.38 bits per heavy atom. The number of aliphatic hydroxyl groups excluding tert-OH is 1.